The number of hydrogen-bond donors (Lipinski definition) is 2. The van der Waals surface area contributed by atoms with Crippen LogP contribution in [0.4, 0.5) is 20.2 Å². The predicted octanol–water partition coefficient (Wildman–Crippen LogP) is 3.50. The van der Waals surface area contributed by atoms with Crippen LogP contribution in [0, 0.1) is 15.5 Å². The quantitative estimate of drug-likeness (QED) is 0.623. The summed E-state index contributed by atoms with van der Waals surface area (Å²) in [5.74, 6) is 0. The van der Waals surface area contributed by atoms with Gasteiger partial charge in [0.25, 0.3) is 12.1 Å². The van der Waals surface area contributed by atoms with Crippen LogP contribution in [-0.2, 0) is 0 Å². The largest absolute Gasteiger partial charge is 0.396 e. The molecule has 0 spiro atoms. The molecule has 0 amide bonds. The third-order valence-corrected chi connectivity index (χ3v) is 4.13. The second-order valence-electron chi connectivity index (χ2n) is 5.55. The van der Waals surface area contributed by atoms with Gasteiger partial charge in [-0.1, -0.05) is 12.8 Å². The number of rotatable bonds is 6. The SMILES string of the molecule is O=[N+]([O-])c1ccc(NCC2(CO)CCCC2)c(C(F)F)c1. The number of aliphatic hydroxyl groups is 1. The van der Waals surface area contributed by atoms with Crippen molar-refractivity contribution in [1.29, 1.82) is 0 Å². The molecule has 1 fully saturated rings. The van der Waals surface area contributed by atoms with Crippen molar-refractivity contribution in [2.24, 2.45) is 5.41 Å². The highest BCUT2D eigenvalue weighted by Gasteiger charge is 2.33. The fraction of sp³-hybridized carbons (Fsp3) is 0.571. The molecule has 0 unspecified atom stereocenters. The molecule has 1 aliphatic rings. The van der Waals surface area contributed by atoms with Crippen LogP contribution in [0.25, 0.3) is 0 Å². The molecule has 0 saturated heterocycles. The molecule has 0 aliphatic heterocycles. The summed E-state index contributed by atoms with van der Waals surface area (Å²) in [6, 6.07) is 3.40. The molecule has 0 radical (unpaired) electrons. The van der Waals surface area contributed by atoms with Gasteiger partial charge in [-0.3, -0.25) is 10.1 Å². The van der Waals surface area contributed by atoms with E-state index < -0.39 is 11.3 Å². The Morgan fingerprint density at radius 1 is 1.38 bits per heavy atom. The summed E-state index contributed by atoms with van der Waals surface area (Å²) in [5, 5.41) is 23.1. The maximum Gasteiger partial charge on any atom is 0.270 e. The van der Waals surface area contributed by atoms with Crippen LogP contribution in [0.3, 0.4) is 0 Å². The standard InChI is InChI=1S/C14H18F2N2O3/c15-13(16)11-7-10(18(20)21)3-4-12(11)17-8-14(9-19)5-1-2-6-14/h3-4,7,13,17,19H,1-2,5-6,8-9H2. The Morgan fingerprint density at radius 3 is 2.57 bits per heavy atom. The Kier molecular flexibility index (Phi) is 4.72. The Labute approximate surface area is 121 Å². The second kappa shape index (κ2) is 6.34. The lowest BCUT2D eigenvalue weighted by Crippen LogP contribution is -2.30. The normalized spacial score (nSPS) is 17.1. The average Bonchev–Trinajstić information content (AvgIpc) is 2.94. The molecule has 0 aromatic heterocycles. The van der Waals surface area contributed by atoms with Gasteiger partial charge in [0, 0.05) is 35.3 Å². The topological polar surface area (TPSA) is 75.4 Å². The first-order valence-corrected chi connectivity index (χ1v) is 6.89. The molecule has 0 heterocycles. The average molecular weight is 300 g/mol. The van der Waals surface area contributed by atoms with E-state index in [0.29, 0.717) is 6.54 Å². The minimum Gasteiger partial charge on any atom is -0.396 e. The first-order valence-electron chi connectivity index (χ1n) is 6.89. The van der Waals surface area contributed by atoms with E-state index in [4.69, 9.17) is 0 Å². The number of nitro groups is 1. The molecular weight excluding hydrogens is 282 g/mol. The highest BCUT2D eigenvalue weighted by molar-refractivity contribution is 5.56. The number of aliphatic hydroxyl groups excluding tert-OH is 1. The van der Waals surface area contributed by atoms with Gasteiger partial charge >= 0.3 is 0 Å². The van der Waals surface area contributed by atoms with Crippen LogP contribution >= 0.6 is 0 Å². The minimum atomic E-state index is -2.79. The Bertz CT molecular complexity index is 517. The van der Waals surface area contributed by atoms with Crippen molar-refractivity contribution < 1.29 is 18.8 Å². The van der Waals surface area contributed by atoms with Gasteiger partial charge in [0.2, 0.25) is 0 Å². The number of benzene rings is 1. The molecule has 1 aliphatic carbocycles. The molecule has 1 aromatic carbocycles. The van der Waals surface area contributed by atoms with E-state index >= 15 is 0 Å². The zero-order valence-corrected chi connectivity index (χ0v) is 11.5. The molecule has 116 valence electrons. The van der Waals surface area contributed by atoms with Crippen molar-refractivity contribution in [1.82, 2.24) is 0 Å². The van der Waals surface area contributed by atoms with Crippen molar-refractivity contribution in [3.63, 3.8) is 0 Å². The van der Waals surface area contributed by atoms with Gasteiger partial charge in [0.05, 0.1) is 11.5 Å². The van der Waals surface area contributed by atoms with Crippen LogP contribution in [0.1, 0.15) is 37.7 Å². The second-order valence-corrected chi connectivity index (χ2v) is 5.55. The van der Waals surface area contributed by atoms with E-state index in [1.807, 2.05) is 0 Å². The van der Waals surface area contributed by atoms with Crippen LogP contribution in [0.5, 0.6) is 0 Å². The first kappa shape index (κ1) is 15.6. The summed E-state index contributed by atoms with van der Waals surface area (Å²) in [6.07, 6.45) is 0.955. The lowest BCUT2D eigenvalue weighted by atomic mass is 9.87. The molecule has 2 rings (SSSR count). The van der Waals surface area contributed by atoms with E-state index in [2.05, 4.69) is 5.32 Å². The molecule has 0 atom stereocenters. The third-order valence-electron chi connectivity index (χ3n) is 4.13. The summed E-state index contributed by atoms with van der Waals surface area (Å²) < 4.78 is 26.1. The Hall–Kier alpha value is -1.76. The van der Waals surface area contributed by atoms with E-state index in [-0.39, 0.29) is 29.0 Å². The van der Waals surface area contributed by atoms with E-state index in [9.17, 15) is 24.0 Å². The number of alkyl halides is 2. The zero-order chi connectivity index (χ0) is 15.5. The minimum absolute atomic E-state index is 0.0109. The fourth-order valence-corrected chi connectivity index (χ4v) is 2.80. The number of non-ortho nitro benzene ring substituents is 1. The maximum atomic E-state index is 13.0. The fourth-order valence-electron chi connectivity index (χ4n) is 2.80. The highest BCUT2D eigenvalue weighted by atomic mass is 19.3. The van der Waals surface area contributed by atoms with Gasteiger partial charge in [0.15, 0.2) is 0 Å². The zero-order valence-electron chi connectivity index (χ0n) is 11.5. The number of nitrogens with zero attached hydrogens (tertiary/aromatic N) is 1. The molecule has 2 N–H and O–H groups in total. The Balaban J connectivity index is 2.17. The summed E-state index contributed by atoms with van der Waals surface area (Å²) in [4.78, 5) is 9.97. The number of halogens is 2. The van der Waals surface area contributed by atoms with Gasteiger partial charge in [-0.2, -0.15) is 0 Å². The lowest BCUT2D eigenvalue weighted by molar-refractivity contribution is -0.385. The summed E-state index contributed by atoms with van der Waals surface area (Å²) in [7, 11) is 0. The van der Waals surface area contributed by atoms with Crippen molar-refractivity contribution in [2.75, 3.05) is 18.5 Å². The molecule has 7 heteroatoms. The van der Waals surface area contributed by atoms with E-state index in [1.54, 1.807) is 0 Å². The molecule has 1 aromatic rings. The maximum absolute atomic E-state index is 13.0. The summed E-state index contributed by atoms with van der Waals surface area (Å²) in [6.45, 7) is 0.401. The molecule has 1 saturated carbocycles. The van der Waals surface area contributed by atoms with Crippen molar-refractivity contribution in [2.45, 2.75) is 32.1 Å². The third kappa shape index (κ3) is 3.47. The van der Waals surface area contributed by atoms with Crippen LogP contribution in [0.15, 0.2) is 18.2 Å². The summed E-state index contributed by atoms with van der Waals surface area (Å²) in [5.41, 5.74) is -0.819. The smallest absolute Gasteiger partial charge is 0.270 e. The molecule has 5 nitrogen and oxygen atoms in total. The van der Waals surface area contributed by atoms with Crippen molar-refractivity contribution in [3.05, 3.63) is 33.9 Å². The van der Waals surface area contributed by atoms with Gasteiger partial charge in [-0.25, -0.2) is 8.78 Å². The molecule has 0 bridgehead atoms. The first-order chi connectivity index (χ1) is 9.97. The number of hydrogen-bond acceptors (Lipinski definition) is 4. The Morgan fingerprint density at radius 2 is 2.05 bits per heavy atom. The van der Waals surface area contributed by atoms with E-state index in [0.717, 1.165) is 31.7 Å². The van der Waals surface area contributed by atoms with Gasteiger partial charge in [0.1, 0.15) is 0 Å². The molecule has 21 heavy (non-hydrogen) atoms. The molecular formula is C14H18F2N2O3. The van der Waals surface area contributed by atoms with Gasteiger partial charge < -0.3 is 10.4 Å². The van der Waals surface area contributed by atoms with Gasteiger partial charge in [-0.15, -0.1) is 0 Å². The van der Waals surface area contributed by atoms with Crippen LogP contribution in [0.2, 0.25) is 0 Å². The number of anilines is 1. The van der Waals surface area contributed by atoms with E-state index in [1.165, 1.54) is 12.1 Å². The van der Waals surface area contributed by atoms with Crippen molar-refractivity contribution in [3.8, 4) is 0 Å². The number of nitro benzene ring substituents is 1. The van der Waals surface area contributed by atoms with Crippen LogP contribution in [-0.4, -0.2) is 23.2 Å². The predicted molar refractivity (Wildman–Crippen MR) is 74.5 cm³/mol. The lowest BCUT2D eigenvalue weighted by Gasteiger charge is -2.27. The highest BCUT2D eigenvalue weighted by Crippen LogP contribution is 2.38. The number of nitrogens with one attached hydrogen (secondary N) is 1. The van der Waals surface area contributed by atoms with Gasteiger partial charge in [-0.05, 0) is 18.9 Å². The summed E-state index contributed by atoms with van der Waals surface area (Å²) >= 11 is 0. The van der Waals surface area contributed by atoms with Crippen molar-refractivity contribution >= 4 is 11.4 Å². The van der Waals surface area contributed by atoms with Crippen LogP contribution < -0.4 is 5.32 Å². The monoisotopic (exact) mass is 300 g/mol.